The van der Waals surface area contributed by atoms with E-state index in [1.165, 1.54) is 4.90 Å². The molecule has 3 aromatic rings. The molecule has 166 valence electrons. The third kappa shape index (κ3) is 3.63. The van der Waals surface area contributed by atoms with Gasteiger partial charge in [0.25, 0.3) is 5.91 Å². The Hall–Kier alpha value is -4.08. The lowest BCUT2D eigenvalue weighted by Gasteiger charge is -2.29. The first kappa shape index (κ1) is 19.6. The van der Waals surface area contributed by atoms with E-state index in [1.54, 1.807) is 16.9 Å². The molecule has 2 aliphatic heterocycles. The van der Waals surface area contributed by atoms with Gasteiger partial charge >= 0.3 is 0 Å². The third-order valence-corrected chi connectivity index (χ3v) is 6.07. The minimum absolute atomic E-state index is 0.202. The molecule has 1 aromatic carbocycles. The van der Waals surface area contributed by atoms with Gasteiger partial charge < -0.3 is 9.64 Å². The Kier molecular flexibility index (Phi) is 4.46. The second kappa shape index (κ2) is 7.51. The average Bonchev–Trinajstić information content (AvgIpc) is 3.37. The molecule has 1 saturated heterocycles. The standard InChI is InChI=1S/C23H20N6O4/c30-20-9-8-18(22(31)25-20)28-11-14-10-13(4-7-16(14)23(28)32)17-12-29(27-26-17)19-2-1-3-21(24-19)33-15-5-6-15/h1-4,7,10,12,15,18H,5-6,8-9,11H2,(H,25,30,31)/t18-/m1/s1. The van der Waals surface area contributed by atoms with Gasteiger partial charge in [-0.1, -0.05) is 17.3 Å². The molecule has 10 heteroatoms. The number of nitrogens with zero attached hydrogens (tertiary/aromatic N) is 5. The van der Waals surface area contributed by atoms with Gasteiger partial charge in [-0.05, 0) is 43.0 Å². The summed E-state index contributed by atoms with van der Waals surface area (Å²) in [5.41, 5.74) is 2.82. The number of rotatable bonds is 5. The minimum atomic E-state index is -0.636. The lowest BCUT2D eigenvalue weighted by atomic mass is 10.0. The largest absolute Gasteiger partial charge is 0.474 e. The van der Waals surface area contributed by atoms with Crippen LogP contribution in [-0.2, 0) is 16.1 Å². The lowest BCUT2D eigenvalue weighted by molar-refractivity contribution is -0.136. The number of ether oxygens (including phenoxy) is 1. The number of amides is 3. The molecule has 4 heterocycles. The third-order valence-electron chi connectivity index (χ3n) is 6.07. The first-order valence-electron chi connectivity index (χ1n) is 10.9. The van der Waals surface area contributed by atoms with Crippen molar-refractivity contribution in [2.45, 2.75) is 44.4 Å². The molecule has 1 N–H and O–H groups in total. The van der Waals surface area contributed by atoms with E-state index in [9.17, 15) is 14.4 Å². The van der Waals surface area contributed by atoms with E-state index in [0.717, 1.165) is 24.0 Å². The van der Waals surface area contributed by atoms with Crippen LogP contribution < -0.4 is 10.1 Å². The maximum Gasteiger partial charge on any atom is 0.255 e. The highest BCUT2D eigenvalue weighted by atomic mass is 16.5. The second-order valence-corrected chi connectivity index (χ2v) is 8.47. The molecule has 33 heavy (non-hydrogen) atoms. The number of fused-ring (bicyclic) bond motifs is 1. The Balaban J connectivity index is 1.23. The molecule has 10 nitrogen and oxygen atoms in total. The molecule has 1 aliphatic carbocycles. The smallest absolute Gasteiger partial charge is 0.255 e. The highest BCUT2D eigenvalue weighted by Crippen LogP contribution is 2.31. The van der Waals surface area contributed by atoms with Crippen molar-refractivity contribution in [2.24, 2.45) is 0 Å². The lowest BCUT2D eigenvalue weighted by Crippen LogP contribution is -2.52. The zero-order chi connectivity index (χ0) is 22.5. The van der Waals surface area contributed by atoms with Crippen LogP contribution in [0.4, 0.5) is 0 Å². The van der Waals surface area contributed by atoms with Crippen LogP contribution in [0.2, 0.25) is 0 Å². The molecule has 3 amide bonds. The predicted molar refractivity (Wildman–Crippen MR) is 114 cm³/mol. The maximum absolute atomic E-state index is 12.9. The van der Waals surface area contributed by atoms with E-state index >= 15 is 0 Å². The number of carbonyl (C=O) groups is 3. The number of aromatic nitrogens is 4. The fourth-order valence-corrected chi connectivity index (χ4v) is 4.20. The van der Waals surface area contributed by atoms with Crippen molar-refractivity contribution in [3.63, 3.8) is 0 Å². The van der Waals surface area contributed by atoms with Gasteiger partial charge in [0.2, 0.25) is 17.7 Å². The fraction of sp³-hybridized carbons (Fsp3) is 0.304. The predicted octanol–water partition coefficient (Wildman–Crippen LogP) is 1.63. The van der Waals surface area contributed by atoms with Gasteiger partial charge in [-0.15, -0.1) is 5.10 Å². The number of imide groups is 1. The Morgan fingerprint density at radius 1 is 1.06 bits per heavy atom. The SMILES string of the molecule is O=C1CC[C@@H](N2Cc3cc(-c4cn(-c5cccc(OC6CC6)n5)nn4)ccc3C2=O)C(=O)N1. The topological polar surface area (TPSA) is 119 Å². The maximum atomic E-state index is 12.9. The molecular weight excluding hydrogens is 424 g/mol. The number of carbonyl (C=O) groups excluding carboxylic acids is 3. The first-order chi connectivity index (χ1) is 16.0. The minimum Gasteiger partial charge on any atom is -0.474 e. The molecule has 2 fully saturated rings. The zero-order valence-electron chi connectivity index (χ0n) is 17.6. The van der Waals surface area contributed by atoms with E-state index in [4.69, 9.17) is 4.74 Å². The molecule has 1 saturated carbocycles. The number of piperidine rings is 1. The van der Waals surface area contributed by atoms with Crippen LogP contribution in [0, 0.1) is 0 Å². The fourth-order valence-electron chi connectivity index (χ4n) is 4.20. The van der Waals surface area contributed by atoms with E-state index in [-0.39, 0.29) is 24.3 Å². The Labute approximate surface area is 188 Å². The zero-order valence-corrected chi connectivity index (χ0v) is 17.6. The van der Waals surface area contributed by atoms with Gasteiger partial charge in [0.05, 0.1) is 6.20 Å². The Morgan fingerprint density at radius 2 is 1.94 bits per heavy atom. The highest BCUT2D eigenvalue weighted by molar-refractivity contribution is 6.05. The van der Waals surface area contributed by atoms with E-state index in [0.29, 0.717) is 35.9 Å². The summed E-state index contributed by atoms with van der Waals surface area (Å²) < 4.78 is 7.34. The number of hydrogen-bond donors (Lipinski definition) is 1. The molecule has 0 radical (unpaired) electrons. The monoisotopic (exact) mass is 444 g/mol. The van der Waals surface area contributed by atoms with Crippen LogP contribution in [0.25, 0.3) is 17.1 Å². The molecule has 0 unspecified atom stereocenters. The molecule has 6 rings (SSSR count). The van der Waals surface area contributed by atoms with Gasteiger partial charge in [0.1, 0.15) is 17.8 Å². The first-order valence-corrected chi connectivity index (χ1v) is 10.9. The normalized spacial score (nSPS) is 20.1. The van der Waals surface area contributed by atoms with Gasteiger partial charge in [-0.2, -0.15) is 4.98 Å². The number of nitrogens with one attached hydrogen (secondary N) is 1. The summed E-state index contributed by atoms with van der Waals surface area (Å²) in [5.74, 6) is 0.246. The van der Waals surface area contributed by atoms with Crippen LogP contribution >= 0.6 is 0 Å². The number of pyridine rings is 1. The number of hydrogen-bond acceptors (Lipinski definition) is 7. The summed E-state index contributed by atoms with van der Waals surface area (Å²) in [6, 6.07) is 10.4. The summed E-state index contributed by atoms with van der Waals surface area (Å²) in [6.07, 6.45) is 4.71. The van der Waals surface area contributed by atoms with Crippen LogP contribution in [0.1, 0.15) is 41.6 Å². The van der Waals surface area contributed by atoms with Crippen molar-refractivity contribution in [3.05, 3.63) is 53.7 Å². The van der Waals surface area contributed by atoms with Crippen molar-refractivity contribution in [1.82, 2.24) is 30.2 Å². The average molecular weight is 444 g/mol. The summed E-state index contributed by atoms with van der Waals surface area (Å²) in [4.78, 5) is 42.6. The van der Waals surface area contributed by atoms with Gasteiger partial charge in [-0.25, -0.2) is 4.68 Å². The van der Waals surface area contributed by atoms with Gasteiger partial charge in [-0.3, -0.25) is 19.7 Å². The second-order valence-electron chi connectivity index (χ2n) is 8.47. The molecule has 2 aromatic heterocycles. The molecule has 1 atom stereocenters. The van der Waals surface area contributed by atoms with Crippen LogP contribution in [0.5, 0.6) is 5.88 Å². The van der Waals surface area contributed by atoms with Crippen LogP contribution in [0.15, 0.2) is 42.6 Å². The van der Waals surface area contributed by atoms with Gasteiger partial charge in [0, 0.05) is 30.2 Å². The molecule has 3 aliphatic rings. The van der Waals surface area contributed by atoms with Crippen molar-refractivity contribution >= 4 is 17.7 Å². The summed E-state index contributed by atoms with van der Waals surface area (Å²) >= 11 is 0. The highest BCUT2D eigenvalue weighted by Gasteiger charge is 2.39. The number of benzene rings is 1. The van der Waals surface area contributed by atoms with Crippen LogP contribution in [-0.4, -0.2) is 54.7 Å². The summed E-state index contributed by atoms with van der Waals surface area (Å²) in [5, 5.41) is 10.8. The van der Waals surface area contributed by atoms with Crippen LogP contribution in [0.3, 0.4) is 0 Å². The van der Waals surface area contributed by atoms with Crippen molar-refractivity contribution in [3.8, 4) is 23.0 Å². The quantitative estimate of drug-likeness (QED) is 0.594. The summed E-state index contributed by atoms with van der Waals surface area (Å²) in [6.45, 7) is 0.310. The van der Waals surface area contributed by atoms with Gasteiger partial charge in [0.15, 0.2) is 5.82 Å². The molecule has 0 bridgehead atoms. The Bertz CT molecular complexity index is 1300. The van der Waals surface area contributed by atoms with Crippen molar-refractivity contribution in [2.75, 3.05) is 0 Å². The van der Waals surface area contributed by atoms with E-state index < -0.39 is 11.9 Å². The van der Waals surface area contributed by atoms with Crippen molar-refractivity contribution in [1.29, 1.82) is 0 Å². The molecule has 0 spiro atoms. The molecular formula is C23H20N6O4. The van der Waals surface area contributed by atoms with E-state index in [1.807, 2.05) is 30.3 Å². The summed E-state index contributed by atoms with van der Waals surface area (Å²) in [7, 11) is 0. The van der Waals surface area contributed by atoms with Crippen molar-refractivity contribution < 1.29 is 19.1 Å². The Morgan fingerprint density at radius 3 is 2.76 bits per heavy atom. The van der Waals surface area contributed by atoms with E-state index in [2.05, 4.69) is 20.6 Å².